The lowest BCUT2D eigenvalue weighted by Crippen LogP contribution is -2.50. The summed E-state index contributed by atoms with van der Waals surface area (Å²) in [6, 6.07) is 0. The minimum atomic E-state index is -3.88. The largest absolute Gasteiger partial charge is 0.390 e. The number of hydrogen-bond donors (Lipinski definition) is 4. The Balaban J connectivity index is 2.64. The maximum atomic E-state index is 11.5. The van der Waals surface area contributed by atoms with Crippen LogP contribution in [0.5, 0.6) is 0 Å². The Morgan fingerprint density at radius 2 is 2.14 bits per heavy atom. The first-order chi connectivity index (χ1) is 9.67. The molecule has 1 aliphatic rings. The Hall–Kier alpha value is -0.430. The van der Waals surface area contributed by atoms with Crippen molar-refractivity contribution in [3.8, 4) is 0 Å². The Morgan fingerprint density at radius 3 is 2.67 bits per heavy atom. The highest BCUT2D eigenvalue weighted by Gasteiger charge is 2.38. The van der Waals surface area contributed by atoms with Gasteiger partial charge in [-0.3, -0.25) is 9.59 Å². The topological polar surface area (TPSA) is 132 Å². The van der Waals surface area contributed by atoms with Gasteiger partial charge in [-0.1, -0.05) is 11.8 Å². The molecule has 11 heteroatoms. The molecule has 1 saturated heterocycles. The van der Waals surface area contributed by atoms with Gasteiger partial charge in [0.15, 0.2) is 5.17 Å². The van der Waals surface area contributed by atoms with Crippen LogP contribution < -0.4 is 5.32 Å². The molecule has 21 heavy (non-hydrogen) atoms. The lowest BCUT2D eigenvalue weighted by molar-refractivity contribution is -0.154. The summed E-state index contributed by atoms with van der Waals surface area (Å²) >= 11 is 1.03. The molecular weight excluding hydrogens is 322 g/mol. The van der Waals surface area contributed by atoms with E-state index in [1.54, 1.807) is 7.05 Å². The van der Waals surface area contributed by atoms with Gasteiger partial charge in [-0.15, -0.1) is 0 Å². The summed E-state index contributed by atoms with van der Waals surface area (Å²) in [5.41, 5.74) is -0.570. The van der Waals surface area contributed by atoms with Gasteiger partial charge in [0.25, 0.3) is 0 Å². The molecule has 0 aliphatic carbocycles. The Bertz CT molecular complexity index is 458. The summed E-state index contributed by atoms with van der Waals surface area (Å²) in [7, 11) is 0.322. The summed E-state index contributed by atoms with van der Waals surface area (Å²) in [5.74, 6) is 0. The minimum absolute atomic E-state index is 0.132. The number of thioether (sulfide) groups is 1. The van der Waals surface area contributed by atoms with Crippen molar-refractivity contribution < 1.29 is 27.6 Å². The highest BCUT2D eigenvalue weighted by atomic mass is 32.2. The number of rotatable bonds is 5. The molecule has 0 aromatic carbocycles. The van der Waals surface area contributed by atoms with Gasteiger partial charge in [0, 0.05) is 27.6 Å². The second kappa shape index (κ2) is 7.72. The van der Waals surface area contributed by atoms with E-state index in [2.05, 4.69) is 5.32 Å². The smallest absolute Gasteiger partial charge is 0.337 e. The second-order valence-corrected chi connectivity index (χ2v) is 7.61. The number of aliphatic hydroxyl groups is 2. The summed E-state index contributed by atoms with van der Waals surface area (Å²) in [6.45, 7) is -0.414. The third kappa shape index (κ3) is 5.36. The molecule has 0 saturated carbocycles. The highest BCUT2D eigenvalue weighted by Crippen LogP contribution is 2.28. The normalized spacial score (nSPS) is 30.4. The van der Waals surface area contributed by atoms with Crippen LogP contribution in [0, 0.1) is 5.41 Å². The van der Waals surface area contributed by atoms with Crippen LogP contribution in [0.3, 0.4) is 0 Å². The fourth-order valence-corrected chi connectivity index (χ4v) is 2.97. The van der Waals surface area contributed by atoms with E-state index < -0.39 is 40.7 Å². The van der Waals surface area contributed by atoms with Crippen LogP contribution in [0.2, 0.25) is 0 Å². The monoisotopic (exact) mass is 343 g/mol. The molecule has 9 nitrogen and oxygen atoms in total. The third-order valence-corrected chi connectivity index (χ3v) is 5.18. The quantitative estimate of drug-likeness (QED) is 0.351. The van der Waals surface area contributed by atoms with E-state index in [0.717, 1.165) is 16.1 Å². The number of amidine groups is 1. The molecule has 0 amide bonds. The molecule has 0 bridgehead atoms. The van der Waals surface area contributed by atoms with Gasteiger partial charge in [-0.05, 0) is 0 Å². The van der Waals surface area contributed by atoms with E-state index in [1.165, 1.54) is 14.1 Å². The maximum Gasteiger partial charge on any atom is 0.337 e. The van der Waals surface area contributed by atoms with Crippen LogP contribution in [-0.2, 0) is 19.2 Å². The third-order valence-electron chi connectivity index (χ3n) is 2.84. The molecule has 1 heterocycles. The molecule has 0 aromatic rings. The van der Waals surface area contributed by atoms with Crippen molar-refractivity contribution in [1.29, 1.82) is 5.41 Å². The molecule has 4 atom stereocenters. The predicted molar refractivity (Wildman–Crippen MR) is 78.2 cm³/mol. The number of hydrogen-bond acceptors (Lipinski definition) is 8. The van der Waals surface area contributed by atoms with Gasteiger partial charge in [0.1, 0.15) is 17.6 Å². The number of nitrogens with zero attached hydrogens (tertiary/aromatic N) is 1. The molecule has 1 aliphatic heterocycles. The molecule has 0 aromatic heterocycles. The Labute approximate surface area is 128 Å². The molecule has 0 radical (unpaired) electrons. The van der Waals surface area contributed by atoms with Crippen molar-refractivity contribution in [2.24, 2.45) is 0 Å². The van der Waals surface area contributed by atoms with Crippen LogP contribution in [0.1, 0.15) is 6.42 Å². The molecule has 0 spiro atoms. The highest BCUT2D eigenvalue weighted by molar-refractivity contribution is 8.14. The van der Waals surface area contributed by atoms with Crippen LogP contribution in [0.25, 0.3) is 0 Å². The van der Waals surface area contributed by atoms with Gasteiger partial charge in [0.05, 0.1) is 12.7 Å². The molecule has 4 N–H and O–H groups in total. The Kier molecular flexibility index (Phi) is 6.84. The maximum absolute atomic E-state index is 11.5. The number of nitrogens with one attached hydrogen (secondary N) is 2. The number of ether oxygens (including phenoxy) is 1. The summed E-state index contributed by atoms with van der Waals surface area (Å²) in [5, 5.41) is 29.9. The average Bonchev–Trinajstić information content (AvgIpc) is 2.40. The van der Waals surface area contributed by atoms with E-state index in [-0.39, 0.29) is 11.6 Å². The van der Waals surface area contributed by atoms with Gasteiger partial charge in [-0.2, -0.15) is 12.7 Å². The fourth-order valence-electron chi connectivity index (χ4n) is 1.58. The average molecular weight is 343 g/mol. The molecule has 1 fully saturated rings. The van der Waals surface area contributed by atoms with E-state index in [1.807, 2.05) is 0 Å². The predicted octanol–water partition coefficient (Wildman–Crippen LogP) is -1.47. The van der Waals surface area contributed by atoms with E-state index >= 15 is 0 Å². The first kappa shape index (κ1) is 18.6. The fraction of sp³-hybridized carbons (Fsp3) is 0.900. The summed E-state index contributed by atoms with van der Waals surface area (Å²) in [6.07, 6.45) is -3.18. The van der Waals surface area contributed by atoms with Crippen molar-refractivity contribution in [3.05, 3.63) is 0 Å². The molecule has 124 valence electrons. The SMILES string of the molecule is CNC(=N)S[C@@H]1C[C@@H](O)[C@H](O)C(COS(=O)(=O)N(C)C)O1. The molecule has 1 unspecified atom stereocenters. The first-order valence-electron chi connectivity index (χ1n) is 6.18. The van der Waals surface area contributed by atoms with E-state index in [9.17, 15) is 18.6 Å². The van der Waals surface area contributed by atoms with Gasteiger partial charge >= 0.3 is 10.3 Å². The zero-order valence-corrected chi connectivity index (χ0v) is 13.6. The van der Waals surface area contributed by atoms with Crippen molar-refractivity contribution in [1.82, 2.24) is 9.62 Å². The lowest BCUT2D eigenvalue weighted by atomic mass is 10.0. The second-order valence-electron chi connectivity index (χ2n) is 4.62. The van der Waals surface area contributed by atoms with Crippen LogP contribution in [0.15, 0.2) is 0 Å². The van der Waals surface area contributed by atoms with Crippen molar-refractivity contribution >= 4 is 27.2 Å². The number of aliphatic hydroxyl groups excluding tert-OH is 2. The van der Waals surface area contributed by atoms with Crippen LogP contribution in [0.4, 0.5) is 0 Å². The van der Waals surface area contributed by atoms with Crippen molar-refractivity contribution in [2.75, 3.05) is 27.7 Å². The van der Waals surface area contributed by atoms with E-state index in [4.69, 9.17) is 14.3 Å². The van der Waals surface area contributed by atoms with Crippen LogP contribution >= 0.6 is 11.8 Å². The van der Waals surface area contributed by atoms with Gasteiger partial charge < -0.3 is 20.3 Å². The summed E-state index contributed by atoms with van der Waals surface area (Å²) in [4.78, 5) is 0. The zero-order chi connectivity index (χ0) is 16.2. The standard InChI is InChI=1S/C10H21N3O6S2/c1-12-10(11)20-8-4-6(14)9(15)7(19-8)5-18-21(16,17)13(2)3/h6-9,14-15H,4-5H2,1-3H3,(H2,11,12)/t6-,7?,8-,9+/m1/s1. The zero-order valence-electron chi connectivity index (χ0n) is 12.0. The van der Waals surface area contributed by atoms with Crippen LogP contribution in [-0.4, -0.2) is 79.6 Å². The minimum Gasteiger partial charge on any atom is -0.390 e. The molecule has 1 rings (SSSR count). The summed E-state index contributed by atoms with van der Waals surface area (Å²) < 4.78 is 34.2. The van der Waals surface area contributed by atoms with Crippen molar-refractivity contribution in [2.45, 2.75) is 30.2 Å². The molecular formula is C10H21N3O6S2. The van der Waals surface area contributed by atoms with Gasteiger partial charge in [0.2, 0.25) is 0 Å². The van der Waals surface area contributed by atoms with Crippen molar-refractivity contribution in [3.63, 3.8) is 0 Å². The lowest BCUT2D eigenvalue weighted by Gasteiger charge is -2.36. The first-order valence-corrected chi connectivity index (χ1v) is 8.43. The Morgan fingerprint density at radius 1 is 1.52 bits per heavy atom. The van der Waals surface area contributed by atoms with Gasteiger partial charge in [-0.25, -0.2) is 0 Å². The van der Waals surface area contributed by atoms with E-state index in [0.29, 0.717) is 0 Å².